The second-order valence-electron chi connectivity index (χ2n) is 9.35. The Morgan fingerprint density at radius 3 is 2.61 bits per heavy atom. The zero-order valence-electron chi connectivity index (χ0n) is 18.4. The van der Waals surface area contributed by atoms with Crippen molar-refractivity contribution in [3.63, 3.8) is 0 Å². The molecule has 0 N–H and O–H groups in total. The summed E-state index contributed by atoms with van der Waals surface area (Å²) in [7, 11) is 0. The first-order valence-corrected chi connectivity index (χ1v) is 10.9. The topological polar surface area (TPSA) is 82.3 Å². The molecule has 0 unspecified atom stereocenters. The number of benzene rings is 1. The Hall–Kier alpha value is -3.62. The fourth-order valence-electron chi connectivity index (χ4n) is 5.88. The number of nitrogens with zero attached hydrogens (tertiary/aromatic N) is 7. The van der Waals surface area contributed by atoms with E-state index in [-0.39, 0.29) is 22.6 Å². The van der Waals surface area contributed by atoms with Gasteiger partial charge in [-0.3, -0.25) is 4.98 Å². The lowest BCUT2D eigenvalue weighted by atomic mass is 9.66. The molecule has 6 rings (SSSR count). The van der Waals surface area contributed by atoms with Crippen molar-refractivity contribution in [2.45, 2.75) is 44.9 Å². The molecule has 2 aliphatic carbocycles. The van der Waals surface area contributed by atoms with Crippen molar-refractivity contribution in [2.24, 2.45) is 5.41 Å². The normalized spacial score (nSPS) is 22.5. The summed E-state index contributed by atoms with van der Waals surface area (Å²) in [6.45, 7) is 6.21. The van der Waals surface area contributed by atoms with E-state index in [0.29, 0.717) is 11.6 Å². The molecule has 1 aromatic carbocycles. The van der Waals surface area contributed by atoms with Crippen molar-refractivity contribution in [1.29, 1.82) is 0 Å². The van der Waals surface area contributed by atoms with Gasteiger partial charge in [0.15, 0.2) is 5.82 Å². The molecule has 1 fully saturated rings. The third-order valence-corrected chi connectivity index (χ3v) is 7.50. The third kappa shape index (κ3) is 2.59. The van der Waals surface area contributed by atoms with Crippen molar-refractivity contribution in [3.05, 3.63) is 77.4 Å². The highest BCUT2D eigenvalue weighted by Gasteiger charge is 2.65. The molecule has 33 heavy (non-hydrogen) atoms. The number of rotatable bonds is 3. The molecule has 0 radical (unpaired) electrons. The van der Waals surface area contributed by atoms with E-state index in [4.69, 9.17) is 4.98 Å². The van der Waals surface area contributed by atoms with Crippen LogP contribution in [0.4, 0.5) is 8.78 Å². The van der Waals surface area contributed by atoms with Gasteiger partial charge in [0.25, 0.3) is 0 Å². The maximum Gasteiger partial charge on any atom is 0.173 e. The molecule has 2 atom stereocenters. The maximum absolute atomic E-state index is 14.4. The first kappa shape index (κ1) is 20.0. The summed E-state index contributed by atoms with van der Waals surface area (Å²) in [5, 5.41) is 13.2. The fraction of sp³-hybridized carbons (Fsp3) is 0.333. The largest absolute Gasteiger partial charge is 0.259 e. The van der Waals surface area contributed by atoms with Crippen LogP contribution in [0.25, 0.3) is 17.1 Å². The van der Waals surface area contributed by atoms with Crippen LogP contribution in [0.2, 0.25) is 0 Å². The highest BCUT2D eigenvalue weighted by molar-refractivity contribution is 5.64. The summed E-state index contributed by atoms with van der Waals surface area (Å²) in [5.41, 5.74) is 1.89. The Morgan fingerprint density at radius 1 is 1.09 bits per heavy atom. The molecule has 4 aromatic rings. The molecule has 2 bridgehead atoms. The van der Waals surface area contributed by atoms with Crippen LogP contribution in [-0.4, -0.2) is 34.9 Å². The number of aromatic nitrogens is 7. The minimum absolute atomic E-state index is 0.147. The van der Waals surface area contributed by atoms with E-state index >= 15 is 0 Å². The standard InChI is InChI=1S/C24H21F2N7/c1-13-28-12-33(32-13)20-11-27-10-19(29-20)24-8-7-15(23(24,2)3)14-9-18(30-31-22(14)24)21-16(25)5-4-6-17(21)26/h4-6,9-12,15H,7-8H2,1-3H3/t15-,24+/m0/s1. The van der Waals surface area contributed by atoms with Gasteiger partial charge in [-0.2, -0.15) is 10.2 Å². The van der Waals surface area contributed by atoms with Gasteiger partial charge in [0.2, 0.25) is 0 Å². The predicted molar refractivity (Wildman–Crippen MR) is 116 cm³/mol. The van der Waals surface area contributed by atoms with Crippen LogP contribution in [0.5, 0.6) is 0 Å². The number of hydrogen-bond donors (Lipinski definition) is 0. The maximum atomic E-state index is 14.4. The van der Waals surface area contributed by atoms with Crippen LogP contribution in [0.3, 0.4) is 0 Å². The molecule has 9 heteroatoms. The van der Waals surface area contributed by atoms with E-state index < -0.39 is 17.0 Å². The Morgan fingerprint density at radius 2 is 1.88 bits per heavy atom. The van der Waals surface area contributed by atoms with E-state index in [9.17, 15) is 8.78 Å². The lowest BCUT2D eigenvalue weighted by Gasteiger charge is -2.37. The van der Waals surface area contributed by atoms with E-state index in [1.54, 1.807) is 29.5 Å². The highest BCUT2D eigenvalue weighted by Crippen LogP contribution is 2.69. The molecule has 3 aromatic heterocycles. The Bertz CT molecular complexity index is 1390. The smallest absolute Gasteiger partial charge is 0.173 e. The van der Waals surface area contributed by atoms with Crippen molar-refractivity contribution >= 4 is 0 Å². The zero-order valence-corrected chi connectivity index (χ0v) is 18.4. The van der Waals surface area contributed by atoms with Crippen molar-refractivity contribution in [3.8, 4) is 17.1 Å². The summed E-state index contributed by atoms with van der Waals surface area (Å²) in [5.74, 6) is 0.0848. The molecule has 166 valence electrons. The Kier molecular flexibility index (Phi) is 4.06. The van der Waals surface area contributed by atoms with Crippen LogP contribution in [0.1, 0.15) is 55.4 Å². The quantitative estimate of drug-likeness (QED) is 0.468. The number of hydrogen-bond acceptors (Lipinski definition) is 6. The molecular formula is C24H21F2N7. The highest BCUT2D eigenvalue weighted by atomic mass is 19.1. The van der Waals surface area contributed by atoms with Gasteiger partial charge < -0.3 is 0 Å². The number of aryl methyl sites for hydroxylation is 1. The van der Waals surface area contributed by atoms with Crippen LogP contribution in [0, 0.1) is 24.0 Å². The van der Waals surface area contributed by atoms with Crippen LogP contribution in [0.15, 0.2) is 43.0 Å². The molecule has 3 heterocycles. The van der Waals surface area contributed by atoms with Gasteiger partial charge in [-0.15, -0.1) is 5.10 Å². The van der Waals surface area contributed by atoms with Gasteiger partial charge in [0.1, 0.15) is 23.8 Å². The fourth-order valence-corrected chi connectivity index (χ4v) is 5.88. The summed E-state index contributed by atoms with van der Waals surface area (Å²) >= 11 is 0. The van der Waals surface area contributed by atoms with E-state index in [1.807, 2.05) is 6.92 Å². The minimum atomic E-state index is -0.650. The van der Waals surface area contributed by atoms with Gasteiger partial charge in [-0.1, -0.05) is 19.9 Å². The van der Waals surface area contributed by atoms with Gasteiger partial charge >= 0.3 is 0 Å². The lowest BCUT2D eigenvalue weighted by Crippen LogP contribution is -2.38. The number of fused-ring (bicyclic) bond motifs is 5. The zero-order chi connectivity index (χ0) is 23.0. The van der Waals surface area contributed by atoms with E-state index in [2.05, 4.69) is 39.1 Å². The van der Waals surface area contributed by atoms with E-state index in [0.717, 1.165) is 29.8 Å². The minimum Gasteiger partial charge on any atom is -0.259 e. The van der Waals surface area contributed by atoms with Gasteiger partial charge in [-0.05, 0) is 54.9 Å². The third-order valence-electron chi connectivity index (χ3n) is 7.50. The molecule has 0 spiro atoms. The molecule has 0 amide bonds. The molecular weight excluding hydrogens is 424 g/mol. The first-order chi connectivity index (χ1) is 15.8. The second-order valence-corrected chi connectivity index (χ2v) is 9.35. The summed E-state index contributed by atoms with van der Waals surface area (Å²) < 4.78 is 30.5. The van der Waals surface area contributed by atoms with Gasteiger partial charge in [-0.25, -0.2) is 23.4 Å². The average molecular weight is 445 g/mol. The van der Waals surface area contributed by atoms with Gasteiger partial charge in [0.05, 0.1) is 34.3 Å². The van der Waals surface area contributed by atoms with Crippen LogP contribution >= 0.6 is 0 Å². The number of halogens is 2. The van der Waals surface area contributed by atoms with Gasteiger partial charge in [0, 0.05) is 6.20 Å². The van der Waals surface area contributed by atoms with Crippen molar-refractivity contribution < 1.29 is 8.78 Å². The van der Waals surface area contributed by atoms with Crippen LogP contribution in [-0.2, 0) is 5.41 Å². The summed E-state index contributed by atoms with van der Waals surface area (Å²) in [6.07, 6.45) is 6.80. The summed E-state index contributed by atoms with van der Waals surface area (Å²) in [6, 6.07) is 5.61. The lowest BCUT2D eigenvalue weighted by molar-refractivity contribution is 0.242. The van der Waals surface area contributed by atoms with Crippen molar-refractivity contribution in [2.75, 3.05) is 0 Å². The molecule has 1 saturated carbocycles. The molecule has 7 nitrogen and oxygen atoms in total. The Balaban J connectivity index is 1.53. The predicted octanol–water partition coefficient (Wildman–Crippen LogP) is 4.30. The average Bonchev–Trinajstić information content (AvgIpc) is 3.40. The summed E-state index contributed by atoms with van der Waals surface area (Å²) in [4.78, 5) is 13.6. The monoisotopic (exact) mass is 445 g/mol. The molecule has 0 saturated heterocycles. The molecule has 2 aliphatic rings. The van der Waals surface area contributed by atoms with E-state index in [1.165, 1.54) is 18.2 Å². The first-order valence-electron chi connectivity index (χ1n) is 10.9. The Labute approximate surface area is 189 Å². The van der Waals surface area contributed by atoms with Crippen molar-refractivity contribution in [1.82, 2.24) is 34.9 Å². The SMILES string of the molecule is Cc1ncn(-c2cncc([C@]34CC[C@@H](c5cc(-c6c(F)cccc6F)nnc53)C4(C)C)n2)n1. The van der Waals surface area contributed by atoms with Crippen LogP contribution < -0.4 is 0 Å². The second kappa shape index (κ2) is 6.69. The molecule has 0 aliphatic heterocycles.